The van der Waals surface area contributed by atoms with Crippen molar-refractivity contribution in [2.75, 3.05) is 5.32 Å². The maximum absolute atomic E-state index is 3.39. The van der Waals surface area contributed by atoms with E-state index in [1.807, 2.05) is 0 Å². The van der Waals surface area contributed by atoms with Gasteiger partial charge in [-0.25, -0.2) is 0 Å². The lowest BCUT2D eigenvalue weighted by molar-refractivity contribution is 0.724. The van der Waals surface area contributed by atoms with Crippen LogP contribution >= 0.6 is 11.3 Å². The fourth-order valence-corrected chi connectivity index (χ4v) is 2.09. The van der Waals surface area contributed by atoms with Gasteiger partial charge in [0.2, 0.25) is 0 Å². The van der Waals surface area contributed by atoms with Crippen molar-refractivity contribution in [1.82, 2.24) is 4.57 Å². The van der Waals surface area contributed by atoms with Gasteiger partial charge in [-0.3, -0.25) is 0 Å². The van der Waals surface area contributed by atoms with Crippen LogP contribution in [-0.2, 0) is 13.1 Å². The summed E-state index contributed by atoms with van der Waals surface area (Å²) in [6.45, 7) is 4.10. The highest BCUT2D eigenvalue weighted by Gasteiger charge is 1.98. The van der Waals surface area contributed by atoms with Crippen molar-refractivity contribution in [3.8, 4) is 0 Å². The molecule has 3 heteroatoms. The Balaban J connectivity index is 1.98. The summed E-state index contributed by atoms with van der Waals surface area (Å²) in [4.78, 5) is 0. The van der Waals surface area contributed by atoms with Crippen molar-refractivity contribution >= 4 is 17.0 Å². The topological polar surface area (TPSA) is 17.0 Å². The number of rotatable bonds is 4. The largest absolute Gasteiger partial charge is 0.379 e. The summed E-state index contributed by atoms with van der Waals surface area (Å²) >= 11 is 1.72. The smallest absolute Gasteiger partial charge is 0.0553 e. The van der Waals surface area contributed by atoms with E-state index in [1.54, 1.807) is 11.3 Å². The van der Waals surface area contributed by atoms with Gasteiger partial charge >= 0.3 is 0 Å². The van der Waals surface area contributed by atoms with Gasteiger partial charge in [-0.1, -0.05) is 0 Å². The van der Waals surface area contributed by atoms with Crippen LogP contribution in [0.2, 0.25) is 0 Å². The van der Waals surface area contributed by atoms with E-state index in [4.69, 9.17) is 0 Å². The molecule has 0 spiro atoms. The zero-order chi connectivity index (χ0) is 9.80. The summed E-state index contributed by atoms with van der Waals surface area (Å²) < 4.78 is 2.25. The number of anilines is 1. The molecule has 0 fully saturated rings. The second-order valence-electron chi connectivity index (χ2n) is 3.15. The highest BCUT2D eigenvalue weighted by atomic mass is 32.1. The van der Waals surface area contributed by atoms with Crippen LogP contribution in [-0.4, -0.2) is 4.57 Å². The Labute approximate surface area is 88.2 Å². The number of hydrogen-bond donors (Lipinski definition) is 1. The molecule has 2 aromatic rings. The maximum Gasteiger partial charge on any atom is 0.0553 e. The maximum atomic E-state index is 3.39. The van der Waals surface area contributed by atoms with Crippen LogP contribution < -0.4 is 5.32 Å². The summed E-state index contributed by atoms with van der Waals surface area (Å²) in [6, 6.07) is 6.35. The molecule has 0 saturated heterocycles. The molecule has 0 amide bonds. The Kier molecular flexibility index (Phi) is 2.89. The third-order valence-corrected chi connectivity index (χ3v) is 2.94. The third-order valence-electron chi connectivity index (χ3n) is 2.26. The molecule has 2 heterocycles. The standard InChI is InChI=1S/C11H14N2S/c1-2-13-6-3-4-11(13)8-12-10-5-7-14-9-10/h3-7,9,12H,2,8H2,1H3. The van der Waals surface area contributed by atoms with E-state index in [-0.39, 0.29) is 0 Å². The summed E-state index contributed by atoms with van der Waals surface area (Å²) in [5.74, 6) is 0. The van der Waals surface area contributed by atoms with Crippen LogP contribution in [0.3, 0.4) is 0 Å². The molecule has 0 bridgehead atoms. The Morgan fingerprint density at radius 3 is 3.07 bits per heavy atom. The Bertz CT molecular complexity index is 376. The van der Waals surface area contributed by atoms with Crippen LogP contribution in [0.15, 0.2) is 35.2 Å². The first kappa shape index (κ1) is 9.34. The van der Waals surface area contributed by atoms with Crippen molar-refractivity contribution in [2.24, 2.45) is 0 Å². The number of aryl methyl sites for hydroxylation is 1. The van der Waals surface area contributed by atoms with Gasteiger partial charge in [0.15, 0.2) is 0 Å². The Hall–Kier alpha value is -1.22. The molecule has 2 rings (SSSR count). The van der Waals surface area contributed by atoms with Crippen molar-refractivity contribution in [2.45, 2.75) is 20.0 Å². The van der Waals surface area contributed by atoms with Gasteiger partial charge in [0.25, 0.3) is 0 Å². The summed E-state index contributed by atoms with van der Waals surface area (Å²) in [6.07, 6.45) is 2.12. The first-order valence-corrected chi connectivity index (χ1v) is 5.74. The second-order valence-corrected chi connectivity index (χ2v) is 3.93. The normalized spacial score (nSPS) is 10.4. The fraction of sp³-hybridized carbons (Fsp3) is 0.273. The fourth-order valence-electron chi connectivity index (χ4n) is 1.48. The second kappa shape index (κ2) is 4.33. The van der Waals surface area contributed by atoms with Gasteiger partial charge in [-0.15, -0.1) is 0 Å². The quantitative estimate of drug-likeness (QED) is 0.813. The van der Waals surface area contributed by atoms with Gasteiger partial charge in [0.1, 0.15) is 0 Å². The summed E-state index contributed by atoms with van der Waals surface area (Å²) in [5, 5.41) is 7.60. The minimum Gasteiger partial charge on any atom is -0.379 e. The number of aromatic nitrogens is 1. The van der Waals surface area contributed by atoms with Gasteiger partial charge in [-0.05, 0) is 30.5 Å². The highest BCUT2D eigenvalue weighted by Crippen LogP contribution is 2.13. The molecule has 0 unspecified atom stereocenters. The molecule has 2 aromatic heterocycles. The van der Waals surface area contributed by atoms with E-state index in [1.165, 1.54) is 11.4 Å². The van der Waals surface area contributed by atoms with Crippen LogP contribution in [0, 0.1) is 0 Å². The van der Waals surface area contributed by atoms with Crippen LogP contribution in [0.4, 0.5) is 5.69 Å². The monoisotopic (exact) mass is 206 g/mol. The Morgan fingerprint density at radius 2 is 2.36 bits per heavy atom. The molecule has 0 aliphatic heterocycles. The molecule has 0 atom stereocenters. The predicted molar refractivity (Wildman–Crippen MR) is 61.8 cm³/mol. The van der Waals surface area contributed by atoms with Gasteiger partial charge < -0.3 is 9.88 Å². The van der Waals surface area contributed by atoms with Crippen molar-refractivity contribution in [3.63, 3.8) is 0 Å². The van der Waals surface area contributed by atoms with E-state index in [0.29, 0.717) is 0 Å². The molecule has 0 radical (unpaired) electrons. The minimum absolute atomic E-state index is 0.900. The molecule has 0 saturated carbocycles. The zero-order valence-electron chi connectivity index (χ0n) is 8.23. The number of thiophene rings is 1. The van der Waals surface area contributed by atoms with Crippen LogP contribution in [0.1, 0.15) is 12.6 Å². The summed E-state index contributed by atoms with van der Waals surface area (Å²) in [7, 11) is 0. The molecule has 0 aliphatic rings. The van der Waals surface area contributed by atoms with E-state index < -0.39 is 0 Å². The zero-order valence-corrected chi connectivity index (χ0v) is 9.05. The van der Waals surface area contributed by atoms with Gasteiger partial charge in [0.05, 0.1) is 6.54 Å². The molecule has 2 nitrogen and oxygen atoms in total. The van der Waals surface area contributed by atoms with Gasteiger partial charge in [0, 0.05) is 29.5 Å². The third kappa shape index (κ3) is 1.99. The van der Waals surface area contributed by atoms with Crippen molar-refractivity contribution < 1.29 is 0 Å². The first-order valence-electron chi connectivity index (χ1n) is 4.80. The minimum atomic E-state index is 0.900. The van der Waals surface area contributed by atoms with E-state index in [0.717, 1.165) is 13.1 Å². The highest BCUT2D eigenvalue weighted by molar-refractivity contribution is 7.08. The summed E-state index contributed by atoms with van der Waals surface area (Å²) in [5.41, 5.74) is 2.54. The van der Waals surface area contributed by atoms with Gasteiger partial charge in [-0.2, -0.15) is 11.3 Å². The number of hydrogen-bond acceptors (Lipinski definition) is 2. The number of nitrogens with zero attached hydrogens (tertiary/aromatic N) is 1. The Morgan fingerprint density at radius 1 is 1.43 bits per heavy atom. The molecular weight excluding hydrogens is 192 g/mol. The van der Waals surface area contributed by atoms with Crippen LogP contribution in [0.25, 0.3) is 0 Å². The van der Waals surface area contributed by atoms with Crippen molar-refractivity contribution in [1.29, 1.82) is 0 Å². The molecule has 0 aliphatic carbocycles. The van der Waals surface area contributed by atoms with E-state index in [2.05, 4.69) is 52.0 Å². The first-order chi connectivity index (χ1) is 6.90. The predicted octanol–water partition coefficient (Wildman–Crippen LogP) is 3.18. The van der Waals surface area contributed by atoms with Crippen molar-refractivity contribution in [3.05, 3.63) is 40.8 Å². The lowest BCUT2D eigenvalue weighted by Crippen LogP contribution is -2.05. The van der Waals surface area contributed by atoms with Crippen LogP contribution in [0.5, 0.6) is 0 Å². The molecule has 74 valence electrons. The average molecular weight is 206 g/mol. The van der Waals surface area contributed by atoms with E-state index in [9.17, 15) is 0 Å². The molecular formula is C11H14N2S. The van der Waals surface area contributed by atoms with E-state index >= 15 is 0 Å². The molecule has 0 aromatic carbocycles. The SMILES string of the molecule is CCn1cccc1CNc1ccsc1. The average Bonchev–Trinajstić information content (AvgIpc) is 2.85. The number of nitrogens with one attached hydrogen (secondary N) is 1. The lowest BCUT2D eigenvalue weighted by Gasteiger charge is -2.07. The molecule has 1 N–H and O–H groups in total. The molecule has 14 heavy (non-hydrogen) atoms. The lowest BCUT2D eigenvalue weighted by atomic mass is 10.4.